The van der Waals surface area contributed by atoms with Crippen molar-refractivity contribution in [3.05, 3.63) is 57.8 Å². The van der Waals surface area contributed by atoms with Gasteiger partial charge in [-0.05, 0) is 118 Å². The summed E-state index contributed by atoms with van der Waals surface area (Å²) in [7, 11) is 1.64. The second-order valence-corrected chi connectivity index (χ2v) is 15.6. The van der Waals surface area contributed by atoms with Crippen LogP contribution in [-0.4, -0.2) is 70.6 Å². The minimum Gasteiger partial charge on any atom is -0.508 e. The number of hydrogen-bond acceptors (Lipinski definition) is 9. The van der Waals surface area contributed by atoms with E-state index in [0.717, 1.165) is 56.4 Å². The number of nitrogens with two attached hydrogens (primary N) is 1. The lowest BCUT2D eigenvalue weighted by atomic mass is 9.58. The van der Waals surface area contributed by atoms with Gasteiger partial charge >= 0.3 is 0 Å². The number of nitrogens with one attached hydrogen (secondary N) is 2. The predicted octanol–water partition coefficient (Wildman–Crippen LogP) is 5.23. The first-order chi connectivity index (χ1) is 23.0. The molecule has 0 amide bonds. The monoisotopic (exact) mass is 692 g/mol. The molecule has 5 rings (SSSR count). The molecule has 7 atom stereocenters. The topological polar surface area (TPSA) is 160 Å². The standard InChI is InChI=1S/C37H48N4O5S2/c1-4-5-28-7-9-32(47-28)33-10-11-34(48-33)35(46)29-8-6-24(18-37(29)13-12-25(19-37)31(45)21-42)30(41-36(38)39-3)16-23-14-26(17-27(44)15-23)40-20-22(2)43/h7,9-11,14-15,17,22,24-25,29-31,40,42-45H,6,8,12-13,16,18-21H2,1-3H3,(H3,38,39,41)/t22-,24-,25-,29-,30+,31+,37-/m0/s1. The van der Waals surface area contributed by atoms with Crippen LogP contribution in [0.15, 0.2) is 47.5 Å². The van der Waals surface area contributed by atoms with Crippen LogP contribution >= 0.6 is 22.7 Å². The van der Waals surface area contributed by atoms with E-state index in [-0.39, 0.29) is 47.4 Å². The van der Waals surface area contributed by atoms with Gasteiger partial charge in [0.05, 0.1) is 28.6 Å². The molecule has 2 aromatic heterocycles. The molecule has 2 aliphatic rings. The Morgan fingerprint density at radius 2 is 1.83 bits per heavy atom. The molecule has 2 saturated carbocycles. The van der Waals surface area contributed by atoms with E-state index in [2.05, 4.69) is 33.5 Å². The summed E-state index contributed by atoms with van der Waals surface area (Å²) in [4.78, 5) is 22.5. The summed E-state index contributed by atoms with van der Waals surface area (Å²) in [5.74, 6) is 6.54. The number of benzene rings is 1. The van der Waals surface area contributed by atoms with E-state index in [0.29, 0.717) is 31.8 Å². The number of guanidine groups is 1. The normalized spacial score (nSPS) is 24.5. The highest BCUT2D eigenvalue weighted by Gasteiger charge is 2.53. The molecule has 48 heavy (non-hydrogen) atoms. The van der Waals surface area contributed by atoms with Gasteiger partial charge in [-0.15, -0.1) is 28.6 Å². The molecule has 9 nitrogen and oxygen atoms in total. The van der Waals surface area contributed by atoms with E-state index < -0.39 is 12.2 Å². The largest absolute Gasteiger partial charge is 0.508 e. The number of Topliss-reactive ketones (excluding diaryl/α,β-unsaturated/α-hetero) is 1. The molecule has 0 saturated heterocycles. The number of aliphatic hydroxyl groups excluding tert-OH is 3. The number of aliphatic hydroxyl groups is 3. The number of thiophene rings is 2. The molecule has 2 heterocycles. The third kappa shape index (κ3) is 8.41. The number of carbonyl (C=O) groups excluding carboxylic acids is 1. The molecular formula is C37H48N4O5S2. The number of anilines is 1. The van der Waals surface area contributed by atoms with Crippen LogP contribution in [0.1, 0.15) is 72.5 Å². The SMILES string of the molecule is CC#Cc1ccc(-c2ccc(C(=O)[C@@H]3CC[C@H]([C@@H](Cc4cc(O)cc(NC[C@H](C)O)c4)NC(N)=NC)C[C@]34CC[C@H]([C@H](O)CO)C4)s2)s1. The molecule has 8 N–H and O–H groups in total. The van der Waals surface area contributed by atoms with E-state index in [1.807, 2.05) is 31.2 Å². The lowest BCUT2D eigenvalue weighted by molar-refractivity contribution is 0.0187. The molecular weight excluding hydrogens is 645 g/mol. The van der Waals surface area contributed by atoms with Gasteiger partial charge in [0, 0.05) is 47.1 Å². The third-order valence-electron chi connectivity index (χ3n) is 10.1. The predicted molar refractivity (Wildman–Crippen MR) is 195 cm³/mol. The second-order valence-electron chi connectivity index (χ2n) is 13.5. The average molecular weight is 693 g/mol. The number of hydrogen-bond donors (Lipinski definition) is 7. The van der Waals surface area contributed by atoms with Crippen molar-refractivity contribution >= 4 is 40.1 Å². The second kappa shape index (κ2) is 15.9. The summed E-state index contributed by atoms with van der Waals surface area (Å²) in [6.07, 6.45) is 3.71. The van der Waals surface area contributed by atoms with Crippen LogP contribution in [0.2, 0.25) is 0 Å². The Bertz CT molecular complexity index is 1660. The fourth-order valence-electron chi connectivity index (χ4n) is 7.82. The van der Waals surface area contributed by atoms with Crippen molar-refractivity contribution in [2.75, 3.05) is 25.5 Å². The quantitative estimate of drug-likeness (QED) is 0.0588. The number of phenols is 1. The Labute approximate surface area is 291 Å². The zero-order chi connectivity index (χ0) is 34.4. The Kier molecular flexibility index (Phi) is 11.9. The number of aromatic hydroxyl groups is 1. The number of phenolic OH excluding ortho intramolecular Hbond substituents is 1. The summed E-state index contributed by atoms with van der Waals surface area (Å²) >= 11 is 3.16. The molecule has 3 aromatic rings. The van der Waals surface area contributed by atoms with Crippen molar-refractivity contribution < 1.29 is 25.2 Å². The first kappa shape index (κ1) is 35.9. The van der Waals surface area contributed by atoms with Gasteiger partial charge in [0.15, 0.2) is 11.7 Å². The van der Waals surface area contributed by atoms with Crippen LogP contribution < -0.4 is 16.4 Å². The number of rotatable bonds is 12. The highest BCUT2D eigenvalue weighted by atomic mass is 32.1. The van der Waals surface area contributed by atoms with Gasteiger partial charge in [-0.25, -0.2) is 0 Å². The lowest BCUT2D eigenvalue weighted by Gasteiger charge is -2.47. The average Bonchev–Trinajstić information content (AvgIpc) is 3.83. The molecule has 1 aromatic carbocycles. The molecule has 2 fully saturated rings. The van der Waals surface area contributed by atoms with Gasteiger partial charge in [-0.2, -0.15) is 0 Å². The first-order valence-electron chi connectivity index (χ1n) is 16.7. The number of nitrogens with zero attached hydrogens (tertiary/aromatic N) is 1. The van der Waals surface area contributed by atoms with E-state index >= 15 is 0 Å². The smallest absolute Gasteiger partial charge is 0.188 e. The number of aliphatic imine (C=N–C) groups is 1. The molecule has 2 aliphatic carbocycles. The minimum absolute atomic E-state index is 0.0746. The fourth-order valence-corrected chi connectivity index (χ4v) is 9.82. The Balaban J connectivity index is 1.42. The molecule has 0 aliphatic heterocycles. The van der Waals surface area contributed by atoms with E-state index in [4.69, 9.17) is 5.73 Å². The summed E-state index contributed by atoms with van der Waals surface area (Å²) in [5.41, 5.74) is 7.54. The summed E-state index contributed by atoms with van der Waals surface area (Å²) < 4.78 is 0. The molecule has 258 valence electrons. The van der Waals surface area contributed by atoms with Gasteiger partial charge in [0.1, 0.15) is 5.75 Å². The maximum Gasteiger partial charge on any atom is 0.188 e. The molecule has 0 unspecified atom stereocenters. The maximum absolute atomic E-state index is 14.4. The van der Waals surface area contributed by atoms with Crippen molar-refractivity contribution in [1.29, 1.82) is 0 Å². The molecule has 11 heteroatoms. The van der Waals surface area contributed by atoms with Crippen LogP contribution in [0.5, 0.6) is 5.75 Å². The van der Waals surface area contributed by atoms with Crippen molar-refractivity contribution in [3.8, 4) is 27.3 Å². The fraction of sp³-hybridized carbons (Fsp3) is 0.514. The highest BCUT2D eigenvalue weighted by Crippen LogP contribution is 2.58. The van der Waals surface area contributed by atoms with Gasteiger partial charge < -0.3 is 36.8 Å². The number of ketones is 1. The van der Waals surface area contributed by atoms with Crippen molar-refractivity contribution in [3.63, 3.8) is 0 Å². The summed E-state index contributed by atoms with van der Waals surface area (Å²) in [5, 5.41) is 47.4. The summed E-state index contributed by atoms with van der Waals surface area (Å²) in [6.45, 7) is 3.59. The van der Waals surface area contributed by atoms with Crippen LogP contribution in [-0.2, 0) is 6.42 Å². The molecule has 0 bridgehead atoms. The van der Waals surface area contributed by atoms with Crippen molar-refractivity contribution in [2.24, 2.45) is 33.9 Å². The van der Waals surface area contributed by atoms with Gasteiger partial charge in [0.25, 0.3) is 0 Å². The van der Waals surface area contributed by atoms with Crippen LogP contribution in [0.3, 0.4) is 0 Å². The molecule has 1 spiro atoms. The van der Waals surface area contributed by atoms with Gasteiger partial charge in [-0.3, -0.25) is 9.79 Å². The van der Waals surface area contributed by atoms with Crippen LogP contribution in [0.4, 0.5) is 5.69 Å². The lowest BCUT2D eigenvalue weighted by Crippen LogP contribution is -2.50. The van der Waals surface area contributed by atoms with Gasteiger partial charge in [-0.1, -0.05) is 5.92 Å². The third-order valence-corrected chi connectivity index (χ3v) is 12.4. The van der Waals surface area contributed by atoms with Crippen molar-refractivity contribution in [1.82, 2.24) is 5.32 Å². The first-order valence-corrected chi connectivity index (χ1v) is 18.4. The van der Waals surface area contributed by atoms with E-state index in [1.54, 1.807) is 37.4 Å². The Hall–Kier alpha value is -3.40. The zero-order valence-electron chi connectivity index (χ0n) is 27.9. The van der Waals surface area contributed by atoms with Crippen LogP contribution in [0.25, 0.3) is 9.75 Å². The van der Waals surface area contributed by atoms with E-state index in [9.17, 15) is 25.2 Å². The summed E-state index contributed by atoms with van der Waals surface area (Å²) in [6, 6.07) is 13.3. The van der Waals surface area contributed by atoms with E-state index in [1.165, 1.54) is 11.3 Å². The maximum atomic E-state index is 14.4. The minimum atomic E-state index is -0.815. The number of carbonyl (C=O) groups is 1. The highest BCUT2D eigenvalue weighted by molar-refractivity contribution is 7.23. The molecule has 0 radical (unpaired) electrons. The Morgan fingerprint density at radius 1 is 1.08 bits per heavy atom. The van der Waals surface area contributed by atoms with Crippen molar-refractivity contribution in [2.45, 2.75) is 77.0 Å². The van der Waals surface area contributed by atoms with Gasteiger partial charge in [0.2, 0.25) is 0 Å². The zero-order valence-corrected chi connectivity index (χ0v) is 29.5. The van der Waals surface area contributed by atoms with Crippen LogP contribution in [0, 0.1) is 35.0 Å². The Morgan fingerprint density at radius 3 is 2.56 bits per heavy atom.